The highest BCUT2D eigenvalue weighted by molar-refractivity contribution is 6.33. The van der Waals surface area contributed by atoms with Crippen LogP contribution in [0.2, 0.25) is 5.02 Å². The minimum atomic E-state index is -0.136. The zero-order chi connectivity index (χ0) is 19.7. The van der Waals surface area contributed by atoms with Gasteiger partial charge in [-0.1, -0.05) is 48.3 Å². The van der Waals surface area contributed by atoms with Crippen LogP contribution in [-0.2, 0) is 4.79 Å². The van der Waals surface area contributed by atoms with Crippen LogP contribution < -0.4 is 5.32 Å². The van der Waals surface area contributed by atoms with Crippen molar-refractivity contribution in [2.75, 3.05) is 6.54 Å². The molecule has 1 aromatic rings. The average molecular weight is 427 g/mol. The first-order chi connectivity index (χ1) is 12.8. The standard InChI is InChI=1S/C22H26Cl3NO/c1-4-16(19(25)10-13(3)23)20-12(2)9-17-18(11-26-22(17)27)21(20)14-5-7-15(24)8-6-14/h4-8,10,12-13,17-18,20-21H,9,11H2,1-3H3,(H,26,27)/b16-4+,19-10+. The summed E-state index contributed by atoms with van der Waals surface area (Å²) >= 11 is 19.0. The van der Waals surface area contributed by atoms with Gasteiger partial charge < -0.3 is 5.32 Å². The largest absolute Gasteiger partial charge is 0.356 e. The minimum absolute atomic E-state index is 0.0599. The number of fused-ring (bicyclic) bond motifs is 1. The molecule has 1 amide bonds. The minimum Gasteiger partial charge on any atom is -0.356 e. The normalized spacial score (nSPS) is 32.8. The Morgan fingerprint density at radius 3 is 2.56 bits per heavy atom. The maximum atomic E-state index is 12.4. The Kier molecular flexibility index (Phi) is 6.61. The fourth-order valence-electron chi connectivity index (χ4n) is 4.94. The number of allylic oxidation sites excluding steroid dienone is 4. The van der Waals surface area contributed by atoms with Crippen LogP contribution in [0.1, 0.15) is 38.7 Å². The van der Waals surface area contributed by atoms with Gasteiger partial charge in [-0.05, 0) is 73.3 Å². The van der Waals surface area contributed by atoms with Crippen LogP contribution in [-0.4, -0.2) is 17.8 Å². The second-order valence-electron chi connectivity index (χ2n) is 7.77. The van der Waals surface area contributed by atoms with Gasteiger partial charge in [0.1, 0.15) is 0 Å². The van der Waals surface area contributed by atoms with Gasteiger partial charge in [0.05, 0.1) is 5.38 Å². The fourth-order valence-corrected chi connectivity index (χ4v) is 5.68. The lowest BCUT2D eigenvalue weighted by molar-refractivity contribution is -0.124. The van der Waals surface area contributed by atoms with Crippen LogP contribution in [0.3, 0.4) is 0 Å². The zero-order valence-electron chi connectivity index (χ0n) is 15.9. The molecule has 1 heterocycles. The maximum Gasteiger partial charge on any atom is 0.223 e. The molecule has 1 saturated heterocycles. The van der Waals surface area contributed by atoms with E-state index in [9.17, 15) is 4.79 Å². The number of halogens is 3. The highest BCUT2D eigenvalue weighted by atomic mass is 35.5. The molecular formula is C22H26Cl3NO. The smallest absolute Gasteiger partial charge is 0.223 e. The van der Waals surface area contributed by atoms with E-state index in [1.54, 1.807) is 0 Å². The number of carbonyl (C=O) groups excluding carboxylic acids is 1. The van der Waals surface area contributed by atoms with E-state index in [0.29, 0.717) is 17.5 Å². The monoisotopic (exact) mass is 425 g/mol. The molecule has 1 aliphatic carbocycles. The van der Waals surface area contributed by atoms with Gasteiger partial charge in [-0.2, -0.15) is 0 Å². The second-order valence-corrected chi connectivity index (χ2v) is 9.30. The summed E-state index contributed by atoms with van der Waals surface area (Å²) in [4.78, 5) is 12.4. The molecule has 1 N–H and O–H groups in total. The summed E-state index contributed by atoms with van der Waals surface area (Å²) in [7, 11) is 0. The molecule has 146 valence electrons. The molecule has 27 heavy (non-hydrogen) atoms. The highest BCUT2D eigenvalue weighted by Crippen LogP contribution is 2.53. The van der Waals surface area contributed by atoms with E-state index in [2.05, 4.69) is 30.4 Å². The summed E-state index contributed by atoms with van der Waals surface area (Å²) < 4.78 is 0. The summed E-state index contributed by atoms with van der Waals surface area (Å²) in [6.45, 7) is 6.88. The highest BCUT2D eigenvalue weighted by Gasteiger charge is 2.50. The fraction of sp³-hybridized carbons (Fsp3) is 0.500. The number of rotatable bonds is 4. The van der Waals surface area contributed by atoms with E-state index < -0.39 is 0 Å². The molecule has 1 saturated carbocycles. The van der Waals surface area contributed by atoms with Crippen LogP contribution in [0.15, 0.2) is 47.0 Å². The molecular weight excluding hydrogens is 401 g/mol. The van der Waals surface area contributed by atoms with Gasteiger partial charge >= 0.3 is 0 Å². The molecule has 2 fully saturated rings. The van der Waals surface area contributed by atoms with Gasteiger partial charge in [-0.3, -0.25) is 4.79 Å². The summed E-state index contributed by atoms with van der Waals surface area (Å²) in [5.74, 6) is 1.26. The van der Waals surface area contributed by atoms with Gasteiger partial charge in [-0.15, -0.1) is 11.6 Å². The van der Waals surface area contributed by atoms with E-state index >= 15 is 0 Å². The Hall–Kier alpha value is -0.960. The first kappa shape index (κ1) is 20.8. The summed E-state index contributed by atoms with van der Waals surface area (Å²) in [5.41, 5.74) is 2.33. The van der Waals surface area contributed by atoms with Crippen molar-refractivity contribution in [1.29, 1.82) is 0 Å². The van der Waals surface area contributed by atoms with E-state index in [-0.39, 0.29) is 35.0 Å². The molecule has 3 rings (SSSR count). The number of alkyl halides is 1. The predicted octanol–water partition coefficient (Wildman–Crippen LogP) is 6.14. The van der Waals surface area contributed by atoms with Crippen molar-refractivity contribution in [2.45, 2.75) is 38.5 Å². The third-order valence-electron chi connectivity index (χ3n) is 6.03. The van der Waals surface area contributed by atoms with E-state index in [1.807, 2.05) is 32.1 Å². The molecule has 2 aliphatic rings. The van der Waals surface area contributed by atoms with Crippen molar-refractivity contribution in [3.05, 3.63) is 57.6 Å². The third kappa shape index (κ3) is 4.23. The molecule has 1 aromatic carbocycles. The summed E-state index contributed by atoms with van der Waals surface area (Å²) in [6.07, 6.45) is 4.88. The number of nitrogens with one attached hydrogen (secondary N) is 1. The lowest BCUT2D eigenvalue weighted by Crippen LogP contribution is -2.39. The number of hydrogen-bond acceptors (Lipinski definition) is 1. The van der Waals surface area contributed by atoms with Crippen molar-refractivity contribution < 1.29 is 4.79 Å². The Balaban J connectivity index is 2.08. The van der Waals surface area contributed by atoms with E-state index in [4.69, 9.17) is 34.8 Å². The van der Waals surface area contributed by atoms with Gasteiger partial charge in [0, 0.05) is 22.5 Å². The molecule has 6 unspecified atom stereocenters. The maximum absolute atomic E-state index is 12.4. The molecule has 0 aromatic heterocycles. The number of benzene rings is 1. The molecule has 0 radical (unpaired) electrons. The van der Waals surface area contributed by atoms with E-state index in [1.165, 1.54) is 5.56 Å². The van der Waals surface area contributed by atoms with Crippen molar-refractivity contribution in [1.82, 2.24) is 5.32 Å². The molecule has 0 bridgehead atoms. The molecule has 5 heteroatoms. The second kappa shape index (κ2) is 8.59. The lowest BCUT2D eigenvalue weighted by atomic mass is 9.59. The Morgan fingerprint density at radius 2 is 1.96 bits per heavy atom. The third-order valence-corrected chi connectivity index (χ3v) is 6.75. The van der Waals surface area contributed by atoms with Crippen molar-refractivity contribution in [3.63, 3.8) is 0 Å². The van der Waals surface area contributed by atoms with Gasteiger partial charge in [-0.25, -0.2) is 0 Å². The first-order valence-electron chi connectivity index (χ1n) is 9.54. The van der Waals surface area contributed by atoms with Gasteiger partial charge in [0.15, 0.2) is 0 Å². The summed E-state index contributed by atoms with van der Waals surface area (Å²) in [5, 5.41) is 4.38. The molecule has 0 spiro atoms. The van der Waals surface area contributed by atoms with Crippen LogP contribution >= 0.6 is 34.8 Å². The Morgan fingerprint density at radius 1 is 1.30 bits per heavy atom. The molecule has 6 atom stereocenters. The number of hydrogen-bond donors (Lipinski definition) is 1. The Labute approximate surface area is 177 Å². The predicted molar refractivity (Wildman–Crippen MR) is 114 cm³/mol. The van der Waals surface area contributed by atoms with Gasteiger partial charge in [0.2, 0.25) is 5.91 Å². The van der Waals surface area contributed by atoms with Crippen LogP contribution in [0, 0.1) is 23.7 Å². The summed E-state index contributed by atoms with van der Waals surface area (Å²) in [6, 6.07) is 8.04. The number of amides is 1. The van der Waals surface area contributed by atoms with Crippen LogP contribution in [0.4, 0.5) is 0 Å². The lowest BCUT2D eigenvalue weighted by Gasteiger charge is -2.44. The zero-order valence-corrected chi connectivity index (χ0v) is 18.2. The SMILES string of the molecule is C/C=C(\C(Cl)=C/C(C)Cl)C1C(C)CC2C(=O)NCC2C1c1ccc(Cl)cc1. The van der Waals surface area contributed by atoms with Gasteiger partial charge in [0.25, 0.3) is 0 Å². The molecule has 1 aliphatic heterocycles. The Bertz CT molecular complexity index is 753. The van der Waals surface area contributed by atoms with Crippen molar-refractivity contribution in [3.8, 4) is 0 Å². The topological polar surface area (TPSA) is 29.1 Å². The van der Waals surface area contributed by atoms with Crippen LogP contribution in [0.25, 0.3) is 0 Å². The van der Waals surface area contributed by atoms with E-state index in [0.717, 1.165) is 17.0 Å². The van der Waals surface area contributed by atoms with Crippen LogP contribution in [0.5, 0.6) is 0 Å². The average Bonchev–Trinajstić information content (AvgIpc) is 2.97. The quantitative estimate of drug-likeness (QED) is 0.455. The number of carbonyl (C=O) groups is 1. The van der Waals surface area contributed by atoms with Crippen molar-refractivity contribution >= 4 is 40.7 Å². The first-order valence-corrected chi connectivity index (χ1v) is 10.7. The van der Waals surface area contributed by atoms with Crippen molar-refractivity contribution in [2.24, 2.45) is 23.7 Å². The molecule has 2 nitrogen and oxygen atoms in total.